The Morgan fingerprint density at radius 2 is 1.89 bits per heavy atom. The molecule has 2 fully saturated rings. The van der Waals surface area contributed by atoms with Crippen LogP contribution >= 0.6 is 0 Å². The van der Waals surface area contributed by atoms with Crippen LogP contribution in [-0.4, -0.2) is 80.8 Å². The van der Waals surface area contributed by atoms with Gasteiger partial charge in [0, 0.05) is 62.8 Å². The number of likely N-dealkylation sites (N-methyl/N-ethyl adjacent to an activating group) is 1. The van der Waals surface area contributed by atoms with Crippen molar-refractivity contribution in [2.75, 3.05) is 51.6 Å². The van der Waals surface area contributed by atoms with E-state index in [-0.39, 0.29) is 11.6 Å². The second-order valence-corrected chi connectivity index (χ2v) is 10.3. The lowest BCUT2D eigenvalue weighted by Crippen LogP contribution is -2.44. The number of pyridine rings is 1. The number of aryl methyl sites for hydroxylation is 1. The highest BCUT2D eigenvalue weighted by Gasteiger charge is 2.23. The number of hydrogen-bond donors (Lipinski definition) is 1. The summed E-state index contributed by atoms with van der Waals surface area (Å²) in [5, 5.41) is 12.2. The van der Waals surface area contributed by atoms with Crippen LogP contribution in [0.15, 0.2) is 21.5 Å². The van der Waals surface area contributed by atoms with Crippen LogP contribution in [0.2, 0.25) is 0 Å². The number of anilines is 1. The zero-order valence-corrected chi connectivity index (χ0v) is 21.6. The lowest BCUT2D eigenvalue weighted by molar-refractivity contribution is 0.152. The monoisotopic (exact) mass is 494 g/mol. The average Bonchev–Trinajstić information content (AvgIpc) is 3.55. The molecule has 1 saturated heterocycles. The molecule has 10 heteroatoms. The zero-order valence-electron chi connectivity index (χ0n) is 21.6. The number of piperazine rings is 1. The van der Waals surface area contributed by atoms with Gasteiger partial charge in [-0.15, -0.1) is 10.2 Å². The van der Waals surface area contributed by atoms with E-state index in [0.717, 1.165) is 44.0 Å². The molecule has 0 unspecified atom stereocenters. The molecular formula is C26H38N8O2. The molecule has 194 valence electrons. The Hall–Kier alpha value is -2.85. The van der Waals surface area contributed by atoms with Crippen molar-refractivity contribution in [1.82, 2.24) is 34.5 Å². The maximum absolute atomic E-state index is 13.6. The van der Waals surface area contributed by atoms with Crippen LogP contribution in [0.5, 0.6) is 0 Å². The second-order valence-electron chi connectivity index (χ2n) is 10.3. The van der Waals surface area contributed by atoms with Gasteiger partial charge in [0.05, 0.1) is 6.42 Å². The van der Waals surface area contributed by atoms with Crippen LogP contribution in [0.25, 0.3) is 11.0 Å². The molecule has 0 spiro atoms. The van der Waals surface area contributed by atoms with Crippen LogP contribution in [0.3, 0.4) is 0 Å². The first kappa shape index (κ1) is 24.8. The van der Waals surface area contributed by atoms with Gasteiger partial charge >= 0.3 is 0 Å². The minimum atomic E-state index is -0.0150. The minimum absolute atomic E-state index is 0.0150. The molecule has 10 nitrogen and oxygen atoms in total. The highest BCUT2D eigenvalue weighted by Crippen LogP contribution is 2.31. The number of hydrogen-bond acceptors (Lipinski definition) is 9. The molecule has 3 aromatic rings. The molecule has 36 heavy (non-hydrogen) atoms. The Morgan fingerprint density at radius 1 is 1.08 bits per heavy atom. The van der Waals surface area contributed by atoms with E-state index < -0.39 is 0 Å². The summed E-state index contributed by atoms with van der Waals surface area (Å²) in [6, 6.07) is 2.05. The largest absolute Gasteiger partial charge is 0.425 e. The van der Waals surface area contributed by atoms with E-state index in [9.17, 15) is 4.79 Å². The first-order chi connectivity index (χ1) is 17.6. The Balaban J connectivity index is 1.24. The summed E-state index contributed by atoms with van der Waals surface area (Å²) in [5.41, 5.74) is 1.34. The van der Waals surface area contributed by atoms with E-state index in [1.807, 2.05) is 16.8 Å². The van der Waals surface area contributed by atoms with Crippen molar-refractivity contribution in [3.8, 4) is 0 Å². The fourth-order valence-corrected chi connectivity index (χ4v) is 5.37. The summed E-state index contributed by atoms with van der Waals surface area (Å²) in [6.45, 7) is 8.46. The van der Waals surface area contributed by atoms with Crippen molar-refractivity contribution in [2.24, 2.45) is 0 Å². The SMILES string of the molecule is Cc1nnc(Cc2cc3cnc(NCCCCCN4CCN(C)CC4)nc3n(C3CCCC3)c2=O)o1. The summed E-state index contributed by atoms with van der Waals surface area (Å²) >= 11 is 0. The van der Waals surface area contributed by atoms with Gasteiger partial charge in [-0.1, -0.05) is 19.3 Å². The molecule has 2 aliphatic rings. The van der Waals surface area contributed by atoms with Crippen LogP contribution in [0.4, 0.5) is 5.95 Å². The predicted octanol–water partition coefficient (Wildman–Crippen LogP) is 3.02. The summed E-state index contributed by atoms with van der Waals surface area (Å²) in [5.74, 6) is 1.54. The van der Waals surface area contributed by atoms with Crippen molar-refractivity contribution in [1.29, 1.82) is 0 Å². The third kappa shape index (κ3) is 5.92. The van der Waals surface area contributed by atoms with Crippen molar-refractivity contribution in [2.45, 2.75) is 64.3 Å². The molecule has 0 bridgehead atoms. The number of fused-ring (bicyclic) bond motifs is 1. The van der Waals surface area contributed by atoms with Crippen LogP contribution < -0.4 is 10.9 Å². The molecule has 0 amide bonds. The molecule has 4 heterocycles. The van der Waals surface area contributed by atoms with E-state index in [1.165, 1.54) is 45.6 Å². The van der Waals surface area contributed by atoms with Gasteiger partial charge in [-0.3, -0.25) is 9.36 Å². The predicted molar refractivity (Wildman–Crippen MR) is 139 cm³/mol. The maximum Gasteiger partial charge on any atom is 0.256 e. The number of aromatic nitrogens is 5. The molecule has 0 atom stereocenters. The van der Waals surface area contributed by atoms with Gasteiger partial charge in [-0.25, -0.2) is 4.98 Å². The van der Waals surface area contributed by atoms with E-state index in [4.69, 9.17) is 9.40 Å². The molecule has 1 N–H and O–H groups in total. The summed E-state index contributed by atoms with van der Waals surface area (Å²) in [4.78, 5) is 27.9. The Labute approximate surface area is 212 Å². The molecule has 1 aliphatic carbocycles. The number of rotatable bonds is 10. The van der Waals surface area contributed by atoms with Crippen molar-refractivity contribution in [3.63, 3.8) is 0 Å². The van der Waals surface area contributed by atoms with Gasteiger partial charge in [0.1, 0.15) is 5.65 Å². The number of unbranched alkanes of at least 4 members (excludes halogenated alkanes) is 2. The maximum atomic E-state index is 13.6. The van der Waals surface area contributed by atoms with Crippen LogP contribution in [-0.2, 0) is 6.42 Å². The summed E-state index contributed by atoms with van der Waals surface area (Å²) in [7, 11) is 2.20. The Kier molecular flexibility index (Phi) is 7.91. The third-order valence-corrected chi connectivity index (χ3v) is 7.48. The van der Waals surface area contributed by atoms with Crippen LogP contribution in [0, 0.1) is 6.92 Å². The lowest BCUT2D eigenvalue weighted by atomic mass is 10.1. The highest BCUT2D eigenvalue weighted by atomic mass is 16.4. The molecular weight excluding hydrogens is 456 g/mol. The van der Waals surface area contributed by atoms with Gasteiger partial charge in [0.2, 0.25) is 17.7 Å². The Morgan fingerprint density at radius 3 is 2.64 bits per heavy atom. The van der Waals surface area contributed by atoms with Gasteiger partial charge in [-0.2, -0.15) is 4.98 Å². The molecule has 3 aromatic heterocycles. The standard InChI is InChI=1S/C26H38N8O2/c1-19-30-31-23(36-19)17-20-16-21-18-28-26(29-24(21)34(25(20)35)22-8-4-5-9-22)27-10-6-3-7-11-33-14-12-32(2)13-15-33/h16,18,22H,3-15,17H2,1-2H3,(H,27,28,29). The molecule has 0 aromatic carbocycles. The molecule has 0 radical (unpaired) electrons. The van der Waals surface area contributed by atoms with E-state index in [2.05, 4.69) is 37.3 Å². The quantitative estimate of drug-likeness (QED) is 0.426. The van der Waals surface area contributed by atoms with Gasteiger partial charge in [0.15, 0.2) is 0 Å². The highest BCUT2D eigenvalue weighted by molar-refractivity contribution is 5.76. The molecule has 1 saturated carbocycles. The van der Waals surface area contributed by atoms with Gasteiger partial charge in [-0.05, 0) is 45.3 Å². The number of nitrogens with one attached hydrogen (secondary N) is 1. The fourth-order valence-electron chi connectivity index (χ4n) is 5.37. The third-order valence-electron chi connectivity index (χ3n) is 7.48. The fraction of sp³-hybridized carbons (Fsp3) is 0.654. The van der Waals surface area contributed by atoms with Crippen molar-refractivity contribution < 1.29 is 4.42 Å². The Bertz CT molecular complexity index is 1210. The van der Waals surface area contributed by atoms with E-state index in [1.54, 1.807) is 6.92 Å². The second kappa shape index (κ2) is 11.5. The van der Waals surface area contributed by atoms with Crippen molar-refractivity contribution in [3.05, 3.63) is 40.0 Å². The van der Waals surface area contributed by atoms with E-state index in [0.29, 0.717) is 35.4 Å². The topological polar surface area (TPSA) is 105 Å². The lowest BCUT2D eigenvalue weighted by Gasteiger charge is -2.32. The van der Waals surface area contributed by atoms with Gasteiger partial charge in [0.25, 0.3) is 5.56 Å². The average molecular weight is 495 g/mol. The minimum Gasteiger partial charge on any atom is -0.425 e. The normalized spacial score (nSPS) is 17.8. The first-order valence-corrected chi connectivity index (χ1v) is 13.4. The molecule has 1 aliphatic heterocycles. The zero-order chi connectivity index (χ0) is 24.9. The summed E-state index contributed by atoms with van der Waals surface area (Å²) < 4.78 is 7.43. The number of nitrogens with zero attached hydrogens (tertiary/aromatic N) is 7. The van der Waals surface area contributed by atoms with Gasteiger partial charge < -0.3 is 19.5 Å². The van der Waals surface area contributed by atoms with Crippen molar-refractivity contribution >= 4 is 17.0 Å². The molecule has 5 rings (SSSR count). The first-order valence-electron chi connectivity index (χ1n) is 13.4. The summed E-state index contributed by atoms with van der Waals surface area (Å²) in [6.07, 6.45) is 9.88. The van der Waals surface area contributed by atoms with E-state index >= 15 is 0 Å². The smallest absolute Gasteiger partial charge is 0.256 e. The van der Waals surface area contributed by atoms with Crippen LogP contribution in [0.1, 0.15) is 68.3 Å².